The molecular weight excluding hydrogens is 290 g/mol. The van der Waals surface area contributed by atoms with Crippen molar-refractivity contribution in [1.82, 2.24) is 10.2 Å². The SMILES string of the molecule is CC.Cc1c(CN2CCN[C@@H](C)C2)cc(Cl)cc1[N+](=O)[O-]. The largest absolute Gasteiger partial charge is 0.312 e. The first-order valence-corrected chi connectivity index (χ1v) is 7.74. The molecule has 6 heteroatoms. The van der Waals surface area contributed by atoms with Gasteiger partial charge in [0.1, 0.15) is 0 Å². The zero-order valence-electron chi connectivity index (χ0n) is 13.1. The predicted molar refractivity (Wildman–Crippen MR) is 86.9 cm³/mol. The number of hydrogen-bond donors (Lipinski definition) is 1. The first-order chi connectivity index (χ1) is 9.97. The van der Waals surface area contributed by atoms with E-state index < -0.39 is 0 Å². The van der Waals surface area contributed by atoms with Crippen LogP contribution >= 0.6 is 11.6 Å². The minimum Gasteiger partial charge on any atom is -0.312 e. The second kappa shape index (κ2) is 8.32. The highest BCUT2D eigenvalue weighted by Gasteiger charge is 2.20. The summed E-state index contributed by atoms with van der Waals surface area (Å²) in [6.45, 7) is 11.5. The molecule has 0 unspecified atom stereocenters. The normalized spacial score (nSPS) is 18.8. The zero-order chi connectivity index (χ0) is 16.0. The predicted octanol–water partition coefficient (Wildman–Crippen LogP) is 3.38. The van der Waals surface area contributed by atoms with Crippen LogP contribution in [0.1, 0.15) is 31.9 Å². The van der Waals surface area contributed by atoms with Crippen molar-refractivity contribution in [3.63, 3.8) is 0 Å². The van der Waals surface area contributed by atoms with Crippen LogP contribution < -0.4 is 5.32 Å². The summed E-state index contributed by atoms with van der Waals surface area (Å²) in [7, 11) is 0. The van der Waals surface area contributed by atoms with Crippen LogP contribution in [0.3, 0.4) is 0 Å². The van der Waals surface area contributed by atoms with Crippen molar-refractivity contribution in [2.45, 2.75) is 40.3 Å². The highest BCUT2D eigenvalue weighted by atomic mass is 35.5. The Morgan fingerprint density at radius 1 is 1.48 bits per heavy atom. The smallest absolute Gasteiger partial charge is 0.274 e. The molecule has 0 saturated carbocycles. The van der Waals surface area contributed by atoms with Crippen LogP contribution in [-0.2, 0) is 6.54 Å². The van der Waals surface area contributed by atoms with E-state index in [0.29, 0.717) is 23.2 Å². The molecule has 0 aliphatic carbocycles. The molecule has 1 atom stereocenters. The molecular formula is C15H24ClN3O2. The van der Waals surface area contributed by atoms with E-state index in [0.717, 1.165) is 25.2 Å². The summed E-state index contributed by atoms with van der Waals surface area (Å²) in [6.07, 6.45) is 0. The van der Waals surface area contributed by atoms with Crippen LogP contribution in [0.4, 0.5) is 5.69 Å². The lowest BCUT2D eigenvalue weighted by atomic mass is 10.1. The third-order valence-corrected chi connectivity index (χ3v) is 3.71. The quantitative estimate of drug-likeness (QED) is 0.686. The molecule has 0 aromatic heterocycles. The Kier molecular flexibility index (Phi) is 7.08. The summed E-state index contributed by atoms with van der Waals surface area (Å²) in [6, 6.07) is 3.69. The Hall–Kier alpha value is -1.17. The van der Waals surface area contributed by atoms with Gasteiger partial charge in [0.05, 0.1) is 4.92 Å². The lowest BCUT2D eigenvalue weighted by Gasteiger charge is -2.32. The standard InChI is InChI=1S/C13H18ClN3O2.C2H6/c1-9-7-16(4-3-15-9)8-11-5-12(14)6-13(10(11)2)17(18)19;1-2/h5-6,9,15H,3-4,7-8H2,1-2H3;1-2H3/t9-;/m0./s1. The highest BCUT2D eigenvalue weighted by molar-refractivity contribution is 6.30. The number of nitrogens with zero attached hydrogens (tertiary/aromatic N) is 2. The maximum atomic E-state index is 11.0. The number of nitrogens with one attached hydrogen (secondary N) is 1. The average molecular weight is 314 g/mol. The van der Waals surface area contributed by atoms with Gasteiger partial charge < -0.3 is 5.32 Å². The van der Waals surface area contributed by atoms with E-state index in [2.05, 4.69) is 17.1 Å². The van der Waals surface area contributed by atoms with Crippen molar-refractivity contribution in [2.75, 3.05) is 19.6 Å². The molecule has 1 N–H and O–H groups in total. The fraction of sp³-hybridized carbons (Fsp3) is 0.600. The van der Waals surface area contributed by atoms with Gasteiger partial charge in [0.15, 0.2) is 0 Å². The summed E-state index contributed by atoms with van der Waals surface area (Å²) in [5.41, 5.74) is 1.75. The molecule has 1 fully saturated rings. The number of nitro benzene ring substituents is 1. The number of piperazine rings is 1. The fourth-order valence-electron chi connectivity index (χ4n) is 2.47. The van der Waals surface area contributed by atoms with Gasteiger partial charge in [-0.2, -0.15) is 0 Å². The topological polar surface area (TPSA) is 58.4 Å². The molecule has 1 aromatic rings. The van der Waals surface area contributed by atoms with Gasteiger partial charge in [0, 0.05) is 48.9 Å². The molecule has 5 nitrogen and oxygen atoms in total. The van der Waals surface area contributed by atoms with Gasteiger partial charge >= 0.3 is 0 Å². The molecule has 118 valence electrons. The summed E-state index contributed by atoms with van der Waals surface area (Å²) in [4.78, 5) is 12.9. The minimum absolute atomic E-state index is 0.102. The van der Waals surface area contributed by atoms with E-state index in [1.807, 2.05) is 19.9 Å². The second-order valence-corrected chi connectivity index (χ2v) is 5.49. The van der Waals surface area contributed by atoms with Crippen LogP contribution in [-0.4, -0.2) is 35.5 Å². The van der Waals surface area contributed by atoms with E-state index in [1.54, 1.807) is 6.92 Å². The lowest BCUT2D eigenvalue weighted by Crippen LogP contribution is -2.48. The minimum atomic E-state index is -0.370. The number of halogens is 1. The van der Waals surface area contributed by atoms with E-state index in [-0.39, 0.29) is 10.6 Å². The molecule has 0 spiro atoms. The first-order valence-electron chi connectivity index (χ1n) is 7.36. The van der Waals surface area contributed by atoms with Gasteiger partial charge in [-0.1, -0.05) is 25.4 Å². The number of rotatable bonds is 3. The lowest BCUT2D eigenvalue weighted by molar-refractivity contribution is -0.385. The average Bonchev–Trinajstić information content (AvgIpc) is 2.44. The molecule has 0 bridgehead atoms. The second-order valence-electron chi connectivity index (χ2n) is 5.06. The summed E-state index contributed by atoms with van der Waals surface area (Å²) < 4.78 is 0. The Morgan fingerprint density at radius 2 is 2.14 bits per heavy atom. The van der Waals surface area contributed by atoms with Crippen molar-refractivity contribution in [3.05, 3.63) is 38.4 Å². The van der Waals surface area contributed by atoms with Gasteiger partial charge in [-0.05, 0) is 25.5 Å². The molecule has 0 amide bonds. The van der Waals surface area contributed by atoms with Gasteiger partial charge in [-0.15, -0.1) is 0 Å². The fourth-order valence-corrected chi connectivity index (χ4v) is 2.71. The Balaban J connectivity index is 0.00000106. The number of hydrogen-bond acceptors (Lipinski definition) is 4. The van der Waals surface area contributed by atoms with Crippen LogP contribution in [0.5, 0.6) is 0 Å². The van der Waals surface area contributed by atoms with Gasteiger partial charge in [-0.25, -0.2) is 0 Å². The van der Waals surface area contributed by atoms with Crippen molar-refractivity contribution in [1.29, 1.82) is 0 Å². The Labute approximate surface area is 131 Å². The monoisotopic (exact) mass is 313 g/mol. The van der Waals surface area contributed by atoms with Crippen molar-refractivity contribution in [3.8, 4) is 0 Å². The molecule has 1 heterocycles. The van der Waals surface area contributed by atoms with Gasteiger partial charge in [0.2, 0.25) is 0 Å². The van der Waals surface area contributed by atoms with Crippen molar-refractivity contribution >= 4 is 17.3 Å². The molecule has 1 saturated heterocycles. The van der Waals surface area contributed by atoms with Crippen LogP contribution in [0.15, 0.2) is 12.1 Å². The van der Waals surface area contributed by atoms with Crippen LogP contribution in [0.2, 0.25) is 5.02 Å². The van der Waals surface area contributed by atoms with Gasteiger partial charge in [-0.3, -0.25) is 15.0 Å². The molecule has 21 heavy (non-hydrogen) atoms. The van der Waals surface area contributed by atoms with E-state index in [1.165, 1.54) is 6.07 Å². The van der Waals surface area contributed by atoms with Crippen LogP contribution in [0.25, 0.3) is 0 Å². The summed E-state index contributed by atoms with van der Waals surface area (Å²) in [5, 5.41) is 14.8. The summed E-state index contributed by atoms with van der Waals surface area (Å²) >= 11 is 5.98. The molecule has 1 aliphatic heterocycles. The third-order valence-electron chi connectivity index (χ3n) is 3.50. The molecule has 1 aliphatic rings. The number of nitro groups is 1. The zero-order valence-corrected chi connectivity index (χ0v) is 13.9. The van der Waals surface area contributed by atoms with Crippen molar-refractivity contribution in [2.24, 2.45) is 0 Å². The van der Waals surface area contributed by atoms with Gasteiger partial charge in [0.25, 0.3) is 5.69 Å². The van der Waals surface area contributed by atoms with E-state index in [9.17, 15) is 10.1 Å². The number of benzene rings is 1. The van der Waals surface area contributed by atoms with E-state index in [4.69, 9.17) is 11.6 Å². The maximum Gasteiger partial charge on any atom is 0.274 e. The van der Waals surface area contributed by atoms with Crippen molar-refractivity contribution < 1.29 is 4.92 Å². The summed E-state index contributed by atoms with van der Waals surface area (Å²) in [5.74, 6) is 0. The van der Waals surface area contributed by atoms with Crippen LogP contribution in [0, 0.1) is 17.0 Å². The third kappa shape index (κ3) is 4.95. The highest BCUT2D eigenvalue weighted by Crippen LogP contribution is 2.27. The maximum absolute atomic E-state index is 11.0. The molecule has 0 radical (unpaired) electrons. The Morgan fingerprint density at radius 3 is 2.71 bits per heavy atom. The molecule has 2 rings (SSSR count). The van der Waals surface area contributed by atoms with E-state index >= 15 is 0 Å². The molecule has 1 aromatic carbocycles. The Bertz CT molecular complexity index is 494. The first kappa shape index (κ1) is 17.9.